The first-order valence-corrected chi connectivity index (χ1v) is 4.06. The predicted octanol–water partition coefficient (Wildman–Crippen LogP) is 1.53. The van der Waals surface area contributed by atoms with Crippen LogP contribution in [0.1, 0.15) is 18.5 Å². The highest BCUT2D eigenvalue weighted by atomic mass is 19.1. The topological polar surface area (TPSA) is 48.7 Å². The number of halogens is 2. The highest BCUT2D eigenvalue weighted by molar-refractivity contribution is 5.19. The lowest BCUT2D eigenvalue weighted by atomic mass is 10.1. The molecular weight excluding hydrogens is 188 g/mol. The molecule has 1 N–H and O–H groups in total. The molecular formula is C9H9F2N3. The minimum Gasteiger partial charge on any atom is -0.298 e. The van der Waals surface area contributed by atoms with E-state index < -0.39 is 17.7 Å². The SMILES string of the molecule is CC(NCC#N)c1c(F)cncc1F. The van der Waals surface area contributed by atoms with E-state index >= 15 is 0 Å². The highest BCUT2D eigenvalue weighted by Gasteiger charge is 2.15. The standard InChI is InChI=1S/C9H9F2N3/c1-6(14-3-2-12)9-7(10)4-13-5-8(9)11/h4-6,14H,3H2,1H3. The fraction of sp³-hybridized carbons (Fsp3) is 0.333. The molecule has 1 aromatic rings. The van der Waals surface area contributed by atoms with Crippen LogP contribution < -0.4 is 5.32 Å². The van der Waals surface area contributed by atoms with Gasteiger partial charge in [-0.25, -0.2) is 8.78 Å². The van der Waals surface area contributed by atoms with Crippen molar-refractivity contribution in [1.82, 2.24) is 10.3 Å². The number of pyridine rings is 1. The van der Waals surface area contributed by atoms with Crippen molar-refractivity contribution in [3.8, 4) is 6.07 Å². The second kappa shape index (κ2) is 4.63. The molecule has 5 heteroatoms. The number of nitrogens with zero attached hydrogens (tertiary/aromatic N) is 2. The van der Waals surface area contributed by atoms with Crippen LogP contribution >= 0.6 is 0 Å². The molecule has 0 fully saturated rings. The van der Waals surface area contributed by atoms with Crippen molar-refractivity contribution >= 4 is 0 Å². The maximum atomic E-state index is 13.1. The summed E-state index contributed by atoms with van der Waals surface area (Å²) < 4.78 is 26.2. The molecule has 0 aliphatic heterocycles. The number of hydrogen-bond donors (Lipinski definition) is 1. The quantitative estimate of drug-likeness (QED) is 0.747. The molecule has 0 saturated carbocycles. The molecule has 74 valence electrons. The van der Waals surface area contributed by atoms with Gasteiger partial charge in [-0.15, -0.1) is 0 Å². The molecule has 1 rings (SSSR count). The summed E-state index contributed by atoms with van der Waals surface area (Å²) in [6.45, 7) is 1.63. The number of hydrogen-bond acceptors (Lipinski definition) is 3. The van der Waals surface area contributed by atoms with Gasteiger partial charge in [0.2, 0.25) is 0 Å². The zero-order chi connectivity index (χ0) is 10.6. The maximum Gasteiger partial charge on any atom is 0.149 e. The van der Waals surface area contributed by atoms with Gasteiger partial charge in [-0.2, -0.15) is 5.26 Å². The molecule has 0 spiro atoms. The van der Waals surface area contributed by atoms with Crippen LogP contribution in [0.2, 0.25) is 0 Å². The van der Waals surface area contributed by atoms with Gasteiger partial charge in [0, 0.05) is 11.6 Å². The van der Waals surface area contributed by atoms with Gasteiger partial charge in [0.25, 0.3) is 0 Å². The van der Waals surface area contributed by atoms with Crippen molar-refractivity contribution in [3.63, 3.8) is 0 Å². The lowest BCUT2D eigenvalue weighted by molar-refractivity contribution is 0.496. The van der Waals surface area contributed by atoms with E-state index in [9.17, 15) is 8.78 Å². The summed E-state index contributed by atoms with van der Waals surface area (Å²) in [6, 6.07) is 1.29. The van der Waals surface area contributed by atoms with Crippen LogP contribution in [-0.2, 0) is 0 Å². The van der Waals surface area contributed by atoms with Crippen LogP contribution in [-0.4, -0.2) is 11.5 Å². The van der Waals surface area contributed by atoms with Gasteiger partial charge in [0.05, 0.1) is 25.0 Å². The Labute approximate surface area is 80.4 Å². The van der Waals surface area contributed by atoms with Crippen molar-refractivity contribution in [2.75, 3.05) is 6.54 Å². The fourth-order valence-electron chi connectivity index (χ4n) is 1.14. The van der Waals surface area contributed by atoms with E-state index in [1.165, 1.54) is 0 Å². The zero-order valence-electron chi connectivity index (χ0n) is 7.59. The Balaban J connectivity index is 2.89. The zero-order valence-corrected chi connectivity index (χ0v) is 7.59. The molecule has 1 unspecified atom stereocenters. The number of nitriles is 1. The van der Waals surface area contributed by atoms with Crippen LogP contribution in [0.25, 0.3) is 0 Å². The van der Waals surface area contributed by atoms with Crippen LogP contribution in [0.4, 0.5) is 8.78 Å². The fourth-order valence-corrected chi connectivity index (χ4v) is 1.14. The third-order valence-corrected chi connectivity index (χ3v) is 1.81. The van der Waals surface area contributed by atoms with Gasteiger partial charge in [0.1, 0.15) is 11.6 Å². The van der Waals surface area contributed by atoms with E-state index in [0.29, 0.717) is 0 Å². The molecule has 1 heterocycles. The molecule has 0 saturated heterocycles. The molecule has 0 bridgehead atoms. The monoisotopic (exact) mass is 197 g/mol. The Morgan fingerprint density at radius 3 is 2.57 bits per heavy atom. The summed E-state index contributed by atoms with van der Waals surface area (Å²) in [5.74, 6) is -1.41. The average molecular weight is 197 g/mol. The van der Waals surface area contributed by atoms with Crippen molar-refractivity contribution in [1.29, 1.82) is 5.26 Å². The summed E-state index contributed by atoms with van der Waals surface area (Å²) in [5, 5.41) is 10.9. The first-order chi connectivity index (χ1) is 6.66. The van der Waals surface area contributed by atoms with Gasteiger partial charge >= 0.3 is 0 Å². The molecule has 0 amide bonds. The smallest absolute Gasteiger partial charge is 0.149 e. The van der Waals surface area contributed by atoms with Crippen LogP contribution in [0.15, 0.2) is 12.4 Å². The summed E-state index contributed by atoms with van der Waals surface area (Å²) in [7, 11) is 0. The largest absolute Gasteiger partial charge is 0.298 e. The molecule has 1 atom stereocenters. The summed E-state index contributed by atoms with van der Waals surface area (Å²) in [6.07, 6.45) is 1.89. The third kappa shape index (κ3) is 2.24. The van der Waals surface area contributed by atoms with E-state index in [0.717, 1.165) is 12.4 Å². The Kier molecular flexibility index (Phi) is 3.48. The molecule has 3 nitrogen and oxygen atoms in total. The number of rotatable bonds is 3. The lowest BCUT2D eigenvalue weighted by Gasteiger charge is -2.12. The van der Waals surface area contributed by atoms with E-state index in [2.05, 4.69) is 10.3 Å². The molecule has 1 aromatic heterocycles. The van der Waals surface area contributed by atoms with Crippen LogP contribution in [0, 0.1) is 23.0 Å². The lowest BCUT2D eigenvalue weighted by Crippen LogP contribution is -2.21. The van der Waals surface area contributed by atoms with E-state index in [1.807, 2.05) is 6.07 Å². The normalized spacial score (nSPS) is 12.1. The predicted molar refractivity (Wildman–Crippen MR) is 46.2 cm³/mol. The van der Waals surface area contributed by atoms with E-state index in [-0.39, 0.29) is 12.1 Å². The van der Waals surface area contributed by atoms with Gasteiger partial charge in [-0.05, 0) is 6.92 Å². The maximum absolute atomic E-state index is 13.1. The molecule has 0 radical (unpaired) electrons. The highest BCUT2D eigenvalue weighted by Crippen LogP contribution is 2.18. The van der Waals surface area contributed by atoms with Crippen LogP contribution in [0.5, 0.6) is 0 Å². The summed E-state index contributed by atoms with van der Waals surface area (Å²) >= 11 is 0. The number of aromatic nitrogens is 1. The number of nitrogens with one attached hydrogen (secondary N) is 1. The van der Waals surface area contributed by atoms with Crippen molar-refractivity contribution in [3.05, 3.63) is 29.6 Å². The Hall–Kier alpha value is -1.54. The molecule has 0 aliphatic carbocycles. The van der Waals surface area contributed by atoms with Gasteiger partial charge in [-0.1, -0.05) is 0 Å². The Morgan fingerprint density at radius 2 is 2.07 bits per heavy atom. The van der Waals surface area contributed by atoms with E-state index in [1.54, 1.807) is 6.92 Å². The van der Waals surface area contributed by atoms with Crippen molar-refractivity contribution < 1.29 is 8.78 Å². The minimum absolute atomic E-state index is 0.0440. The average Bonchev–Trinajstić information content (AvgIpc) is 2.14. The molecule has 0 aromatic carbocycles. The van der Waals surface area contributed by atoms with Gasteiger partial charge in [-0.3, -0.25) is 10.3 Å². The summed E-state index contributed by atoms with van der Waals surface area (Å²) in [5.41, 5.74) is -0.0877. The van der Waals surface area contributed by atoms with E-state index in [4.69, 9.17) is 5.26 Å². The second-order valence-corrected chi connectivity index (χ2v) is 2.78. The Bertz CT molecular complexity index is 339. The third-order valence-electron chi connectivity index (χ3n) is 1.81. The van der Waals surface area contributed by atoms with Gasteiger partial charge in [0.15, 0.2) is 0 Å². The van der Waals surface area contributed by atoms with Crippen molar-refractivity contribution in [2.24, 2.45) is 0 Å². The second-order valence-electron chi connectivity index (χ2n) is 2.78. The first-order valence-electron chi connectivity index (χ1n) is 4.06. The van der Waals surface area contributed by atoms with Gasteiger partial charge < -0.3 is 0 Å². The Morgan fingerprint density at radius 1 is 1.50 bits per heavy atom. The van der Waals surface area contributed by atoms with Crippen LogP contribution in [0.3, 0.4) is 0 Å². The summed E-state index contributed by atoms with van der Waals surface area (Å²) in [4.78, 5) is 3.36. The molecule has 0 aliphatic rings. The molecule has 14 heavy (non-hydrogen) atoms. The minimum atomic E-state index is -0.706. The first kappa shape index (κ1) is 10.5. The van der Waals surface area contributed by atoms with Crippen molar-refractivity contribution in [2.45, 2.75) is 13.0 Å².